The molecule has 1 saturated carbocycles. The summed E-state index contributed by atoms with van der Waals surface area (Å²) in [5.41, 5.74) is 6.51. The van der Waals surface area contributed by atoms with E-state index in [2.05, 4.69) is 0 Å². The van der Waals surface area contributed by atoms with E-state index in [1.165, 1.54) is 0 Å². The highest BCUT2D eigenvalue weighted by Gasteiger charge is 2.30. The summed E-state index contributed by atoms with van der Waals surface area (Å²) < 4.78 is 5.47. The lowest BCUT2D eigenvalue weighted by atomic mass is 10.2. The van der Waals surface area contributed by atoms with E-state index in [1.807, 2.05) is 20.8 Å². The van der Waals surface area contributed by atoms with Crippen LogP contribution < -0.4 is 10.6 Å². The molecule has 0 bridgehead atoms. The van der Waals surface area contributed by atoms with Crippen LogP contribution in [0.15, 0.2) is 18.2 Å². The van der Waals surface area contributed by atoms with Crippen LogP contribution in [0.5, 0.6) is 0 Å². The third kappa shape index (κ3) is 4.30. The zero-order valence-electron chi connectivity index (χ0n) is 12.1. The van der Waals surface area contributed by atoms with Crippen molar-refractivity contribution in [2.45, 2.75) is 39.2 Å². The molecule has 1 aliphatic rings. The minimum Gasteiger partial charge on any atom is -0.443 e. The molecule has 0 unspecified atom stereocenters. The standard InChI is InChI=1S/C15H21ClN2O2/c1-15(2,3)20-14(19)18(9-10-4-5-10)13-7-11(16)6-12(17)8-13/h6-8,10H,4-5,9,17H2,1-3H3. The highest BCUT2D eigenvalue weighted by atomic mass is 35.5. The van der Waals surface area contributed by atoms with Gasteiger partial charge in [0, 0.05) is 17.3 Å². The van der Waals surface area contributed by atoms with Crippen molar-refractivity contribution in [2.75, 3.05) is 17.2 Å². The van der Waals surface area contributed by atoms with Gasteiger partial charge >= 0.3 is 6.09 Å². The Morgan fingerprint density at radius 2 is 2.05 bits per heavy atom. The molecule has 5 heteroatoms. The molecule has 0 aromatic heterocycles. The number of ether oxygens (including phenoxy) is 1. The molecule has 0 spiro atoms. The van der Waals surface area contributed by atoms with Gasteiger partial charge in [-0.25, -0.2) is 4.79 Å². The van der Waals surface area contributed by atoms with Crippen LogP contribution in [-0.2, 0) is 4.74 Å². The van der Waals surface area contributed by atoms with E-state index in [0.29, 0.717) is 28.9 Å². The smallest absolute Gasteiger partial charge is 0.414 e. The molecule has 1 aliphatic carbocycles. The second kappa shape index (κ2) is 5.52. The Hall–Kier alpha value is -1.42. The monoisotopic (exact) mass is 296 g/mol. The summed E-state index contributed by atoms with van der Waals surface area (Å²) in [6, 6.07) is 5.15. The first-order valence-electron chi connectivity index (χ1n) is 6.81. The third-order valence-corrected chi connectivity index (χ3v) is 3.19. The fourth-order valence-electron chi connectivity index (χ4n) is 1.91. The number of benzene rings is 1. The zero-order chi connectivity index (χ0) is 14.9. The second-order valence-electron chi connectivity index (χ2n) is 6.28. The van der Waals surface area contributed by atoms with Gasteiger partial charge in [0.25, 0.3) is 0 Å². The van der Waals surface area contributed by atoms with Crippen LogP contribution in [0.2, 0.25) is 5.02 Å². The highest BCUT2D eigenvalue weighted by molar-refractivity contribution is 6.31. The number of hydrogen-bond acceptors (Lipinski definition) is 3. The number of halogens is 1. The fourth-order valence-corrected chi connectivity index (χ4v) is 2.15. The van der Waals surface area contributed by atoms with Crippen LogP contribution in [0.3, 0.4) is 0 Å². The molecule has 1 amide bonds. The molecule has 2 N–H and O–H groups in total. The molecule has 0 aliphatic heterocycles. The van der Waals surface area contributed by atoms with Gasteiger partial charge in [-0.05, 0) is 57.7 Å². The minimum atomic E-state index is -0.525. The lowest BCUT2D eigenvalue weighted by Crippen LogP contribution is -2.38. The van der Waals surface area contributed by atoms with Gasteiger partial charge in [-0.15, -0.1) is 0 Å². The molecular formula is C15H21ClN2O2. The number of amides is 1. The summed E-state index contributed by atoms with van der Waals surface area (Å²) in [5.74, 6) is 0.544. The topological polar surface area (TPSA) is 55.6 Å². The number of anilines is 2. The van der Waals surface area contributed by atoms with Crippen LogP contribution in [-0.4, -0.2) is 18.2 Å². The predicted molar refractivity (Wildman–Crippen MR) is 82.2 cm³/mol. The Kier molecular flexibility index (Phi) is 4.14. The maximum absolute atomic E-state index is 12.4. The second-order valence-corrected chi connectivity index (χ2v) is 6.71. The average Bonchev–Trinajstić information content (AvgIpc) is 3.05. The normalized spacial score (nSPS) is 15.0. The number of rotatable bonds is 3. The molecule has 0 radical (unpaired) electrons. The quantitative estimate of drug-likeness (QED) is 0.855. The summed E-state index contributed by atoms with van der Waals surface area (Å²) in [6.07, 6.45) is 1.94. The summed E-state index contributed by atoms with van der Waals surface area (Å²) in [6.45, 7) is 6.21. The van der Waals surface area contributed by atoms with Crippen LogP contribution in [0.1, 0.15) is 33.6 Å². The van der Waals surface area contributed by atoms with Gasteiger partial charge in [-0.3, -0.25) is 4.90 Å². The van der Waals surface area contributed by atoms with Gasteiger partial charge in [0.1, 0.15) is 5.60 Å². The van der Waals surface area contributed by atoms with Gasteiger partial charge in [0.2, 0.25) is 0 Å². The number of nitrogens with zero attached hydrogens (tertiary/aromatic N) is 1. The molecule has 0 atom stereocenters. The van der Waals surface area contributed by atoms with Gasteiger partial charge in [-0.2, -0.15) is 0 Å². The zero-order valence-corrected chi connectivity index (χ0v) is 12.9. The number of nitrogens with two attached hydrogens (primary N) is 1. The minimum absolute atomic E-state index is 0.355. The summed E-state index contributed by atoms with van der Waals surface area (Å²) in [4.78, 5) is 14.0. The van der Waals surface area contributed by atoms with Crippen molar-refractivity contribution >= 4 is 29.1 Å². The molecule has 2 rings (SSSR count). The van der Waals surface area contributed by atoms with Crippen molar-refractivity contribution in [1.82, 2.24) is 0 Å². The predicted octanol–water partition coefficient (Wildman–Crippen LogP) is 4.07. The summed E-state index contributed by atoms with van der Waals surface area (Å²) >= 11 is 6.03. The van der Waals surface area contributed by atoms with Crippen LogP contribution >= 0.6 is 11.6 Å². The van der Waals surface area contributed by atoms with E-state index in [1.54, 1.807) is 23.1 Å². The molecule has 4 nitrogen and oxygen atoms in total. The first-order chi connectivity index (χ1) is 9.24. The van der Waals surface area contributed by atoms with Crippen molar-refractivity contribution < 1.29 is 9.53 Å². The molecule has 0 heterocycles. The van der Waals surface area contributed by atoms with E-state index < -0.39 is 5.60 Å². The first-order valence-corrected chi connectivity index (χ1v) is 7.19. The van der Waals surface area contributed by atoms with Gasteiger partial charge in [0.05, 0.1) is 5.69 Å². The Labute approximate surface area is 124 Å². The Morgan fingerprint density at radius 1 is 1.40 bits per heavy atom. The van der Waals surface area contributed by atoms with E-state index in [-0.39, 0.29) is 6.09 Å². The molecule has 0 saturated heterocycles. The maximum Gasteiger partial charge on any atom is 0.414 e. The van der Waals surface area contributed by atoms with E-state index >= 15 is 0 Å². The Morgan fingerprint density at radius 3 is 2.55 bits per heavy atom. The lowest BCUT2D eigenvalue weighted by Gasteiger charge is -2.27. The van der Waals surface area contributed by atoms with Crippen molar-refractivity contribution in [3.8, 4) is 0 Å². The van der Waals surface area contributed by atoms with E-state index in [9.17, 15) is 4.79 Å². The first kappa shape index (κ1) is 15.0. The van der Waals surface area contributed by atoms with Crippen LogP contribution in [0.4, 0.5) is 16.2 Å². The number of carbonyl (C=O) groups is 1. The van der Waals surface area contributed by atoms with E-state index in [4.69, 9.17) is 22.1 Å². The molecule has 1 fully saturated rings. The Bertz CT molecular complexity index is 487. The van der Waals surface area contributed by atoms with Gasteiger partial charge in [0.15, 0.2) is 0 Å². The number of carbonyl (C=O) groups excluding carboxylic acids is 1. The summed E-state index contributed by atoms with van der Waals surface area (Å²) in [7, 11) is 0. The molecule has 20 heavy (non-hydrogen) atoms. The molecule has 1 aromatic carbocycles. The molecule has 110 valence electrons. The van der Waals surface area contributed by atoms with Gasteiger partial charge < -0.3 is 10.5 Å². The van der Waals surface area contributed by atoms with Crippen molar-refractivity contribution in [3.05, 3.63) is 23.2 Å². The van der Waals surface area contributed by atoms with Crippen molar-refractivity contribution in [2.24, 2.45) is 5.92 Å². The van der Waals surface area contributed by atoms with Crippen LogP contribution in [0, 0.1) is 5.92 Å². The fraction of sp³-hybridized carbons (Fsp3) is 0.533. The van der Waals surface area contributed by atoms with Crippen molar-refractivity contribution in [1.29, 1.82) is 0 Å². The molecular weight excluding hydrogens is 276 g/mol. The van der Waals surface area contributed by atoms with E-state index in [0.717, 1.165) is 12.8 Å². The van der Waals surface area contributed by atoms with Gasteiger partial charge in [-0.1, -0.05) is 11.6 Å². The summed E-state index contributed by atoms with van der Waals surface area (Å²) in [5, 5.41) is 0.518. The Balaban J connectivity index is 2.23. The van der Waals surface area contributed by atoms with Crippen molar-refractivity contribution in [3.63, 3.8) is 0 Å². The maximum atomic E-state index is 12.4. The third-order valence-electron chi connectivity index (χ3n) is 2.97. The highest BCUT2D eigenvalue weighted by Crippen LogP contribution is 2.33. The van der Waals surface area contributed by atoms with Crippen LogP contribution in [0.25, 0.3) is 0 Å². The average molecular weight is 297 g/mol. The number of hydrogen-bond donors (Lipinski definition) is 1. The number of nitrogen functional groups attached to an aromatic ring is 1. The molecule has 1 aromatic rings. The largest absolute Gasteiger partial charge is 0.443 e. The SMILES string of the molecule is CC(C)(C)OC(=O)N(CC1CC1)c1cc(N)cc(Cl)c1. The lowest BCUT2D eigenvalue weighted by molar-refractivity contribution is 0.0578.